The fourth-order valence-electron chi connectivity index (χ4n) is 2.61. The fourth-order valence-corrected chi connectivity index (χ4v) is 2.73. The molecule has 0 radical (unpaired) electrons. The second kappa shape index (κ2) is 9.34. The van der Waals surface area contributed by atoms with E-state index in [1.165, 1.54) is 4.90 Å². The summed E-state index contributed by atoms with van der Waals surface area (Å²) in [4.78, 5) is 29.8. The molecular weight excluding hydrogens is 392 g/mol. The van der Waals surface area contributed by atoms with E-state index in [-0.39, 0.29) is 18.2 Å². The van der Waals surface area contributed by atoms with Crippen LogP contribution in [-0.2, 0) is 17.8 Å². The Morgan fingerprint density at radius 3 is 2.41 bits per heavy atom. The summed E-state index contributed by atoms with van der Waals surface area (Å²) in [6.45, 7) is 0.384. The first-order valence-electron chi connectivity index (χ1n) is 9.08. The third kappa shape index (κ3) is 5.65. The Balaban J connectivity index is 1.47. The number of carbonyl (C=O) groups is 2. The molecule has 2 aromatic carbocycles. The lowest BCUT2D eigenvalue weighted by molar-refractivity contribution is -0.121. The molecule has 0 fully saturated rings. The van der Waals surface area contributed by atoms with E-state index in [0.717, 1.165) is 11.1 Å². The predicted octanol–water partition coefficient (Wildman–Crippen LogP) is 3.34. The van der Waals surface area contributed by atoms with Crippen LogP contribution in [0.4, 0.5) is 0 Å². The van der Waals surface area contributed by atoms with Gasteiger partial charge in [-0.05, 0) is 42.0 Å². The maximum Gasteiger partial charge on any atom is 0.253 e. The summed E-state index contributed by atoms with van der Waals surface area (Å²) < 4.78 is 5.21. The Morgan fingerprint density at radius 1 is 1.07 bits per heavy atom. The highest BCUT2D eigenvalue weighted by Crippen LogP contribution is 2.19. The van der Waals surface area contributed by atoms with Crippen LogP contribution in [0.15, 0.2) is 53.1 Å². The molecule has 1 N–H and O–H groups in total. The van der Waals surface area contributed by atoms with Gasteiger partial charge in [0.2, 0.25) is 17.6 Å². The van der Waals surface area contributed by atoms with Crippen molar-refractivity contribution in [3.05, 3.63) is 70.6 Å². The van der Waals surface area contributed by atoms with Crippen LogP contribution >= 0.6 is 11.6 Å². The summed E-state index contributed by atoms with van der Waals surface area (Å²) in [7, 11) is 3.41. The number of halogens is 1. The van der Waals surface area contributed by atoms with Gasteiger partial charge in [-0.25, -0.2) is 0 Å². The van der Waals surface area contributed by atoms with E-state index in [0.29, 0.717) is 35.3 Å². The lowest BCUT2D eigenvalue weighted by Gasteiger charge is -2.10. The number of aromatic nitrogens is 2. The van der Waals surface area contributed by atoms with Gasteiger partial charge < -0.3 is 14.7 Å². The maximum atomic E-state index is 12.1. The van der Waals surface area contributed by atoms with Gasteiger partial charge in [-0.2, -0.15) is 4.98 Å². The molecule has 0 saturated carbocycles. The highest BCUT2D eigenvalue weighted by molar-refractivity contribution is 6.30. The predicted molar refractivity (Wildman–Crippen MR) is 109 cm³/mol. The van der Waals surface area contributed by atoms with E-state index in [1.807, 2.05) is 12.1 Å². The number of benzene rings is 2. The molecule has 150 valence electrons. The van der Waals surface area contributed by atoms with Crippen LogP contribution in [0, 0.1) is 0 Å². The molecule has 0 unspecified atom stereocenters. The van der Waals surface area contributed by atoms with Gasteiger partial charge in [-0.1, -0.05) is 28.9 Å². The minimum absolute atomic E-state index is 0.0573. The monoisotopic (exact) mass is 412 g/mol. The van der Waals surface area contributed by atoms with Crippen molar-refractivity contribution in [2.75, 3.05) is 14.1 Å². The third-order valence-corrected chi connectivity index (χ3v) is 4.49. The lowest BCUT2D eigenvalue weighted by Crippen LogP contribution is -2.23. The normalized spacial score (nSPS) is 10.6. The number of aryl methyl sites for hydroxylation is 1. The molecule has 2 amide bonds. The van der Waals surface area contributed by atoms with Crippen LogP contribution in [0.3, 0.4) is 0 Å². The summed E-state index contributed by atoms with van der Waals surface area (Å²) in [5, 5.41) is 7.41. The number of hydrogen-bond donors (Lipinski definition) is 1. The van der Waals surface area contributed by atoms with Crippen LogP contribution in [-0.4, -0.2) is 41.0 Å². The van der Waals surface area contributed by atoms with Crippen molar-refractivity contribution in [2.45, 2.75) is 19.4 Å². The topological polar surface area (TPSA) is 88.3 Å². The maximum absolute atomic E-state index is 12.1. The van der Waals surface area contributed by atoms with Gasteiger partial charge in [-0.15, -0.1) is 0 Å². The third-order valence-electron chi connectivity index (χ3n) is 4.23. The van der Waals surface area contributed by atoms with Gasteiger partial charge in [0, 0.05) is 49.6 Å². The first-order chi connectivity index (χ1) is 13.9. The average molecular weight is 413 g/mol. The number of rotatable bonds is 7. The Hall–Kier alpha value is -3.19. The van der Waals surface area contributed by atoms with Crippen LogP contribution in [0.1, 0.15) is 28.2 Å². The average Bonchev–Trinajstić information content (AvgIpc) is 3.20. The molecule has 3 aromatic rings. The van der Waals surface area contributed by atoms with Crippen molar-refractivity contribution < 1.29 is 14.1 Å². The van der Waals surface area contributed by atoms with Crippen LogP contribution < -0.4 is 5.32 Å². The van der Waals surface area contributed by atoms with Gasteiger partial charge in [0.25, 0.3) is 5.91 Å². The van der Waals surface area contributed by atoms with Crippen molar-refractivity contribution in [3.63, 3.8) is 0 Å². The van der Waals surface area contributed by atoms with Crippen molar-refractivity contribution in [3.8, 4) is 11.4 Å². The first-order valence-corrected chi connectivity index (χ1v) is 9.46. The Kier molecular flexibility index (Phi) is 6.61. The summed E-state index contributed by atoms with van der Waals surface area (Å²) in [6.07, 6.45) is 0.585. The van der Waals surface area contributed by atoms with E-state index >= 15 is 0 Å². The summed E-state index contributed by atoms with van der Waals surface area (Å²) in [5.74, 6) is 0.684. The highest BCUT2D eigenvalue weighted by Gasteiger charge is 2.11. The molecule has 0 spiro atoms. The standard InChI is InChI=1S/C21H21ClN4O3/c1-26(2)21(28)16-5-3-14(4-6-16)13-23-18(27)11-12-19-24-20(25-29-19)15-7-9-17(22)10-8-15/h3-10H,11-13H2,1-2H3,(H,23,27). The minimum Gasteiger partial charge on any atom is -0.352 e. The number of hydrogen-bond acceptors (Lipinski definition) is 5. The van der Waals surface area contributed by atoms with Gasteiger partial charge in [-0.3, -0.25) is 9.59 Å². The van der Waals surface area contributed by atoms with E-state index in [2.05, 4.69) is 15.5 Å². The van der Waals surface area contributed by atoms with E-state index < -0.39 is 0 Å². The molecule has 0 aliphatic heterocycles. The van der Waals surface area contributed by atoms with Crippen LogP contribution in [0.5, 0.6) is 0 Å². The molecule has 8 heteroatoms. The Bertz CT molecular complexity index is 982. The zero-order chi connectivity index (χ0) is 20.8. The van der Waals surface area contributed by atoms with Crippen molar-refractivity contribution in [1.82, 2.24) is 20.4 Å². The summed E-state index contributed by atoms with van der Waals surface area (Å²) in [6, 6.07) is 14.3. The molecule has 7 nitrogen and oxygen atoms in total. The second-order valence-electron chi connectivity index (χ2n) is 6.69. The number of amides is 2. The number of nitrogens with one attached hydrogen (secondary N) is 1. The van der Waals surface area contributed by atoms with Gasteiger partial charge in [0.15, 0.2) is 0 Å². The van der Waals surface area contributed by atoms with Gasteiger partial charge in [0.05, 0.1) is 0 Å². The molecular formula is C21H21ClN4O3. The molecule has 1 aromatic heterocycles. The summed E-state index contributed by atoms with van der Waals surface area (Å²) >= 11 is 5.87. The lowest BCUT2D eigenvalue weighted by atomic mass is 10.1. The molecule has 0 saturated heterocycles. The van der Waals surface area contributed by atoms with Crippen LogP contribution in [0.25, 0.3) is 11.4 Å². The fraction of sp³-hybridized carbons (Fsp3) is 0.238. The zero-order valence-corrected chi connectivity index (χ0v) is 16.9. The Morgan fingerprint density at radius 2 is 1.76 bits per heavy atom. The van der Waals surface area contributed by atoms with E-state index in [9.17, 15) is 9.59 Å². The second-order valence-corrected chi connectivity index (χ2v) is 7.13. The molecule has 3 rings (SSSR count). The molecule has 0 aliphatic carbocycles. The highest BCUT2D eigenvalue weighted by atomic mass is 35.5. The van der Waals surface area contributed by atoms with Gasteiger partial charge in [0.1, 0.15) is 0 Å². The smallest absolute Gasteiger partial charge is 0.253 e. The molecule has 29 heavy (non-hydrogen) atoms. The largest absolute Gasteiger partial charge is 0.352 e. The molecule has 0 atom stereocenters. The molecule has 0 aliphatic rings. The van der Waals surface area contributed by atoms with Crippen molar-refractivity contribution in [2.24, 2.45) is 0 Å². The van der Waals surface area contributed by atoms with Crippen molar-refractivity contribution in [1.29, 1.82) is 0 Å². The van der Waals surface area contributed by atoms with Crippen LogP contribution in [0.2, 0.25) is 5.02 Å². The number of carbonyl (C=O) groups excluding carboxylic acids is 2. The molecule has 0 bridgehead atoms. The molecule has 1 heterocycles. The van der Waals surface area contributed by atoms with E-state index in [1.54, 1.807) is 50.5 Å². The minimum atomic E-state index is -0.121. The summed E-state index contributed by atoms with van der Waals surface area (Å²) in [5.41, 5.74) is 2.32. The quantitative estimate of drug-likeness (QED) is 0.643. The Labute approximate surface area is 173 Å². The SMILES string of the molecule is CN(C)C(=O)c1ccc(CNC(=O)CCc2nc(-c3ccc(Cl)cc3)no2)cc1. The zero-order valence-electron chi connectivity index (χ0n) is 16.2. The van der Waals surface area contributed by atoms with Gasteiger partial charge >= 0.3 is 0 Å². The number of nitrogens with zero attached hydrogens (tertiary/aromatic N) is 3. The first kappa shape index (κ1) is 20.5. The van der Waals surface area contributed by atoms with Crippen molar-refractivity contribution >= 4 is 23.4 Å². The van der Waals surface area contributed by atoms with E-state index in [4.69, 9.17) is 16.1 Å².